The van der Waals surface area contributed by atoms with Gasteiger partial charge in [0.1, 0.15) is 0 Å². The summed E-state index contributed by atoms with van der Waals surface area (Å²) in [7, 11) is 0. The van der Waals surface area contributed by atoms with Crippen LogP contribution in [0.15, 0.2) is 34.7 Å². The van der Waals surface area contributed by atoms with Gasteiger partial charge in [-0.15, -0.1) is 22.6 Å². The van der Waals surface area contributed by atoms with E-state index in [1.165, 1.54) is 0 Å². The molecule has 0 aliphatic rings. The van der Waals surface area contributed by atoms with E-state index in [0.29, 0.717) is 24.4 Å². The summed E-state index contributed by atoms with van der Waals surface area (Å²) in [5.41, 5.74) is 0.950. The van der Waals surface area contributed by atoms with Crippen molar-refractivity contribution in [2.45, 2.75) is 26.4 Å². The lowest BCUT2D eigenvalue weighted by Crippen LogP contribution is -2.21. The first-order valence-corrected chi connectivity index (χ1v) is 5.37. The van der Waals surface area contributed by atoms with E-state index >= 15 is 0 Å². The van der Waals surface area contributed by atoms with Crippen molar-refractivity contribution < 1.29 is 4.42 Å². The van der Waals surface area contributed by atoms with Crippen LogP contribution in [0, 0.1) is 0 Å². The molecule has 5 heteroatoms. The molecular formula is C12H16ClN3O. The largest absolute Gasteiger partial charge is 0.419 e. The van der Waals surface area contributed by atoms with Gasteiger partial charge >= 0.3 is 0 Å². The SMILES string of the molecule is CC(C)NCc1nnc(-c2ccccc2)o1.Cl. The zero-order valence-corrected chi connectivity index (χ0v) is 10.7. The lowest BCUT2D eigenvalue weighted by molar-refractivity contribution is 0.459. The Kier molecular flexibility index (Phi) is 5.12. The third kappa shape index (κ3) is 3.84. The van der Waals surface area contributed by atoms with Gasteiger partial charge in [-0.1, -0.05) is 32.0 Å². The Bertz CT molecular complexity index is 442. The van der Waals surface area contributed by atoms with Crippen LogP contribution in [0.5, 0.6) is 0 Å². The molecule has 0 radical (unpaired) electrons. The Morgan fingerprint density at radius 1 is 1.18 bits per heavy atom. The molecule has 0 bridgehead atoms. The minimum atomic E-state index is 0. The van der Waals surface area contributed by atoms with Crippen molar-refractivity contribution in [3.63, 3.8) is 0 Å². The van der Waals surface area contributed by atoms with E-state index in [4.69, 9.17) is 4.42 Å². The lowest BCUT2D eigenvalue weighted by atomic mass is 10.2. The zero-order chi connectivity index (χ0) is 11.4. The third-order valence-electron chi connectivity index (χ3n) is 2.15. The minimum Gasteiger partial charge on any atom is -0.419 e. The number of nitrogens with one attached hydrogen (secondary N) is 1. The normalized spacial score (nSPS) is 10.3. The van der Waals surface area contributed by atoms with Gasteiger partial charge in [0.2, 0.25) is 11.8 Å². The zero-order valence-electron chi connectivity index (χ0n) is 9.88. The van der Waals surface area contributed by atoms with Crippen LogP contribution in [-0.4, -0.2) is 16.2 Å². The maximum atomic E-state index is 5.54. The fraction of sp³-hybridized carbons (Fsp3) is 0.333. The maximum absolute atomic E-state index is 5.54. The summed E-state index contributed by atoms with van der Waals surface area (Å²) in [6, 6.07) is 10.2. The van der Waals surface area contributed by atoms with E-state index in [9.17, 15) is 0 Å². The highest BCUT2D eigenvalue weighted by Gasteiger charge is 2.07. The van der Waals surface area contributed by atoms with Gasteiger partial charge in [-0.3, -0.25) is 0 Å². The second-order valence-corrected chi connectivity index (χ2v) is 3.90. The Hall–Kier alpha value is -1.39. The van der Waals surface area contributed by atoms with Crippen molar-refractivity contribution >= 4 is 12.4 Å². The predicted molar refractivity (Wildman–Crippen MR) is 69.0 cm³/mol. The molecule has 0 fully saturated rings. The van der Waals surface area contributed by atoms with Crippen molar-refractivity contribution in [3.8, 4) is 11.5 Å². The molecule has 2 rings (SSSR count). The van der Waals surface area contributed by atoms with Crippen LogP contribution < -0.4 is 5.32 Å². The predicted octanol–water partition coefficient (Wildman–Crippen LogP) is 2.66. The second-order valence-electron chi connectivity index (χ2n) is 3.90. The van der Waals surface area contributed by atoms with Gasteiger partial charge in [0, 0.05) is 11.6 Å². The van der Waals surface area contributed by atoms with Gasteiger partial charge in [0.05, 0.1) is 6.54 Å². The molecule has 17 heavy (non-hydrogen) atoms. The molecule has 1 heterocycles. The molecule has 0 spiro atoms. The number of hydrogen-bond acceptors (Lipinski definition) is 4. The quantitative estimate of drug-likeness (QED) is 0.910. The van der Waals surface area contributed by atoms with Gasteiger partial charge in [0.25, 0.3) is 0 Å². The molecule has 2 aromatic rings. The Balaban J connectivity index is 0.00000144. The highest BCUT2D eigenvalue weighted by molar-refractivity contribution is 5.85. The summed E-state index contributed by atoms with van der Waals surface area (Å²) in [4.78, 5) is 0. The van der Waals surface area contributed by atoms with Crippen LogP contribution in [0.3, 0.4) is 0 Å². The fourth-order valence-electron chi connectivity index (χ4n) is 1.31. The first-order valence-electron chi connectivity index (χ1n) is 5.37. The maximum Gasteiger partial charge on any atom is 0.247 e. The first kappa shape index (κ1) is 13.7. The topological polar surface area (TPSA) is 51.0 Å². The molecule has 0 unspecified atom stereocenters. The monoisotopic (exact) mass is 253 g/mol. The number of benzene rings is 1. The molecule has 0 atom stereocenters. The first-order chi connectivity index (χ1) is 7.75. The van der Waals surface area contributed by atoms with Gasteiger partial charge in [-0.2, -0.15) is 0 Å². The van der Waals surface area contributed by atoms with Crippen LogP contribution in [0.1, 0.15) is 19.7 Å². The van der Waals surface area contributed by atoms with Crippen molar-refractivity contribution in [1.82, 2.24) is 15.5 Å². The van der Waals surface area contributed by atoms with Crippen molar-refractivity contribution in [1.29, 1.82) is 0 Å². The molecule has 4 nitrogen and oxygen atoms in total. The molecule has 1 N–H and O–H groups in total. The van der Waals surface area contributed by atoms with Crippen molar-refractivity contribution in [2.75, 3.05) is 0 Å². The van der Waals surface area contributed by atoms with E-state index in [-0.39, 0.29) is 12.4 Å². The van der Waals surface area contributed by atoms with Crippen LogP contribution in [0.2, 0.25) is 0 Å². The van der Waals surface area contributed by atoms with Crippen LogP contribution in [0.4, 0.5) is 0 Å². The molecule has 0 saturated carbocycles. The van der Waals surface area contributed by atoms with E-state index in [1.54, 1.807) is 0 Å². The summed E-state index contributed by atoms with van der Waals surface area (Å²) in [6.45, 7) is 4.76. The smallest absolute Gasteiger partial charge is 0.247 e. The number of aromatic nitrogens is 2. The Labute approximate surface area is 107 Å². The molecule has 0 saturated heterocycles. The summed E-state index contributed by atoms with van der Waals surface area (Å²) >= 11 is 0. The standard InChI is InChI=1S/C12H15N3O.ClH/c1-9(2)13-8-11-14-15-12(16-11)10-6-4-3-5-7-10;/h3-7,9,13H,8H2,1-2H3;1H. The minimum absolute atomic E-state index is 0. The average molecular weight is 254 g/mol. The number of nitrogens with zero attached hydrogens (tertiary/aromatic N) is 2. The number of rotatable bonds is 4. The molecule has 1 aromatic heterocycles. The molecule has 92 valence electrons. The number of halogens is 1. The fourth-order valence-corrected chi connectivity index (χ4v) is 1.31. The highest BCUT2D eigenvalue weighted by Crippen LogP contribution is 2.16. The summed E-state index contributed by atoms with van der Waals surface area (Å²) < 4.78 is 5.54. The van der Waals surface area contributed by atoms with Gasteiger partial charge in [0.15, 0.2) is 0 Å². The van der Waals surface area contributed by atoms with E-state index in [0.717, 1.165) is 5.56 Å². The summed E-state index contributed by atoms with van der Waals surface area (Å²) in [5, 5.41) is 11.2. The summed E-state index contributed by atoms with van der Waals surface area (Å²) in [6.07, 6.45) is 0. The molecule has 0 aliphatic heterocycles. The molecule has 0 aliphatic carbocycles. The van der Waals surface area contributed by atoms with Crippen LogP contribution >= 0.6 is 12.4 Å². The van der Waals surface area contributed by atoms with Crippen LogP contribution in [0.25, 0.3) is 11.5 Å². The second kappa shape index (κ2) is 6.37. The van der Waals surface area contributed by atoms with E-state index in [1.807, 2.05) is 30.3 Å². The molecule has 1 aromatic carbocycles. The molecule has 0 amide bonds. The van der Waals surface area contributed by atoms with E-state index in [2.05, 4.69) is 29.4 Å². The highest BCUT2D eigenvalue weighted by atomic mass is 35.5. The van der Waals surface area contributed by atoms with Gasteiger partial charge < -0.3 is 9.73 Å². The van der Waals surface area contributed by atoms with Gasteiger partial charge in [-0.25, -0.2) is 0 Å². The van der Waals surface area contributed by atoms with E-state index < -0.39 is 0 Å². The average Bonchev–Trinajstić information content (AvgIpc) is 2.76. The Morgan fingerprint density at radius 2 is 1.88 bits per heavy atom. The van der Waals surface area contributed by atoms with Gasteiger partial charge in [-0.05, 0) is 12.1 Å². The third-order valence-corrected chi connectivity index (χ3v) is 2.15. The van der Waals surface area contributed by atoms with Crippen LogP contribution in [-0.2, 0) is 6.54 Å². The molecular weight excluding hydrogens is 238 g/mol. The Morgan fingerprint density at radius 3 is 2.53 bits per heavy atom. The summed E-state index contributed by atoms with van der Waals surface area (Å²) in [5.74, 6) is 1.19. The van der Waals surface area contributed by atoms with Crippen molar-refractivity contribution in [3.05, 3.63) is 36.2 Å². The lowest BCUT2D eigenvalue weighted by Gasteiger charge is -2.03. The number of hydrogen-bond donors (Lipinski definition) is 1. The van der Waals surface area contributed by atoms with Crippen molar-refractivity contribution in [2.24, 2.45) is 0 Å².